The van der Waals surface area contributed by atoms with E-state index in [2.05, 4.69) is 10.9 Å². The van der Waals surface area contributed by atoms with Crippen molar-refractivity contribution in [3.8, 4) is 0 Å². The first-order valence-corrected chi connectivity index (χ1v) is 11.7. The molecule has 1 atom stereocenters. The summed E-state index contributed by atoms with van der Waals surface area (Å²) < 4.78 is 97.1. The van der Waals surface area contributed by atoms with Crippen molar-refractivity contribution in [3.63, 3.8) is 0 Å². The predicted molar refractivity (Wildman–Crippen MR) is 124 cm³/mol. The summed E-state index contributed by atoms with van der Waals surface area (Å²) in [7, 11) is 0. The molecule has 3 rings (SSSR count). The molecule has 1 saturated carbocycles. The zero-order valence-electron chi connectivity index (χ0n) is 18.1. The summed E-state index contributed by atoms with van der Waals surface area (Å²) in [4.78, 5) is 12.4. The highest BCUT2D eigenvalue weighted by atomic mass is 35.5. The van der Waals surface area contributed by atoms with Crippen LogP contribution in [0.5, 0.6) is 0 Å². The molecule has 1 aliphatic carbocycles. The molecule has 2 N–H and O–H groups in total. The fourth-order valence-corrected chi connectivity index (χ4v) is 4.42. The van der Waals surface area contributed by atoms with E-state index < -0.39 is 52.3 Å². The minimum absolute atomic E-state index is 0.0860. The summed E-state index contributed by atoms with van der Waals surface area (Å²) >= 11 is 17.3. The molecule has 0 saturated heterocycles. The lowest BCUT2D eigenvalue weighted by atomic mass is 9.95. The van der Waals surface area contributed by atoms with Gasteiger partial charge in [0.25, 0.3) is 5.91 Å². The maximum absolute atomic E-state index is 14.9. The van der Waals surface area contributed by atoms with Crippen LogP contribution in [-0.4, -0.2) is 18.1 Å². The van der Waals surface area contributed by atoms with Gasteiger partial charge < -0.3 is 0 Å². The largest absolute Gasteiger partial charge is 0.417 e. The Morgan fingerprint density at radius 1 is 0.972 bits per heavy atom. The number of benzene rings is 2. The molecule has 13 heteroatoms. The molecule has 1 aliphatic rings. The van der Waals surface area contributed by atoms with E-state index in [1.54, 1.807) is 0 Å². The van der Waals surface area contributed by atoms with Crippen LogP contribution < -0.4 is 10.9 Å². The van der Waals surface area contributed by atoms with Crippen molar-refractivity contribution in [1.29, 1.82) is 0 Å². The topological polar surface area (TPSA) is 41.1 Å². The summed E-state index contributed by atoms with van der Waals surface area (Å²) in [6.07, 6.45) is -6.72. The lowest BCUT2D eigenvalue weighted by Crippen LogP contribution is -2.43. The number of hydrogen-bond acceptors (Lipinski definition) is 2. The number of amides is 1. The quantitative estimate of drug-likeness (QED) is 0.205. The number of carbonyl (C=O) groups excluding carboxylic acids is 1. The standard InChI is InChI=1S/C23H18Cl3F7N2O/c24-17-8-12(9-18(25)20(17)26)15(22(28,29)30)10-19(27)11-5-6-14(16(7-11)23(31,32)33)21(36)35-34-13-3-1-2-4-13/h5-10,13,15,34H,1-4H2,(H,35,36). The van der Waals surface area contributed by atoms with Crippen LogP contribution in [0, 0.1) is 0 Å². The summed E-state index contributed by atoms with van der Waals surface area (Å²) in [5.41, 5.74) is 1.18. The van der Waals surface area contributed by atoms with Crippen LogP contribution in [0.2, 0.25) is 15.1 Å². The van der Waals surface area contributed by atoms with Gasteiger partial charge in [-0.1, -0.05) is 53.7 Å². The van der Waals surface area contributed by atoms with Crippen LogP contribution in [0.4, 0.5) is 30.7 Å². The molecular weight excluding hydrogens is 560 g/mol. The molecule has 0 radical (unpaired) electrons. The number of allylic oxidation sites excluding steroid dienone is 1. The molecule has 36 heavy (non-hydrogen) atoms. The minimum Gasteiger partial charge on any atom is -0.287 e. The van der Waals surface area contributed by atoms with Crippen molar-refractivity contribution in [2.45, 2.75) is 50.0 Å². The lowest BCUT2D eigenvalue weighted by molar-refractivity contribution is -0.140. The first-order chi connectivity index (χ1) is 16.7. The van der Waals surface area contributed by atoms with Gasteiger partial charge in [0.2, 0.25) is 0 Å². The van der Waals surface area contributed by atoms with Crippen LogP contribution in [0.15, 0.2) is 36.4 Å². The minimum atomic E-state index is -5.09. The van der Waals surface area contributed by atoms with E-state index in [1.807, 2.05) is 0 Å². The average Bonchev–Trinajstić information content (AvgIpc) is 3.31. The van der Waals surface area contributed by atoms with Crippen molar-refractivity contribution in [3.05, 3.63) is 73.7 Å². The second-order valence-corrected chi connectivity index (χ2v) is 9.36. The first-order valence-electron chi connectivity index (χ1n) is 10.5. The van der Waals surface area contributed by atoms with Crippen LogP contribution in [-0.2, 0) is 6.18 Å². The zero-order chi connectivity index (χ0) is 26.8. The molecule has 1 fully saturated rings. The average molecular weight is 578 g/mol. The maximum Gasteiger partial charge on any atom is 0.417 e. The molecule has 2 aromatic rings. The molecule has 0 aromatic heterocycles. The van der Waals surface area contributed by atoms with E-state index in [-0.39, 0.29) is 33.3 Å². The molecule has 1 amide bonds. The van der Waals surface area contributed by atoms with Crippen molar-refractivity contribution in [2.24, 2.45) is 0 Å². The number of alkyl halides is 6. The molecule has 3 nitrogen and oxygen atoms in total. The van der Waals surface area contributed by atoms with E-state index in [0.717, 1.165) is 43.9 Å². The number of nitrogens with one attached hydrogen (secondary N) is 2. The second-order valence-electron chi connectivity index (χ2n) is 8.17. The SMILES string of the molecule is O=C(NNC1CCCC1)c1ccc(C(F)=CC(c2cc(Cl)c(Cl)c(Cl)c2)C(F)(F)F)cc1C(F)(F)F. The fraction of sp³-hybridized carbons (Fsp3) is 0.348. The van der Waals surface area contributed by atoms with Crippen molar-refractivity contribution in [1.82, 2.24) is 10.9 Å². The van der Waals surface area contributed by atoms with E-state index in [4.69, 9.17) is 34.8 Å². The van der Waals surface area contributed by atoms with E-state index in [9.17, 15) is 35.5 Å². The Hall–Kier alpha value is -2.01. The lowest BCUT2D eigenvalue weighted by Gasteiger charge is -2.19. The molecule has 0 spiro atoms. The Balaban J connectivity index is 1.97. The highest BCUT2D eigenvalue weighted by Gasteiger charge is 2.41. The van der Waals surface area contributed by atoms with Gasteiger partial charge in [-0.25, -0.2) is 9.82 Å². The fourth-order valence-electron chi connectivity index (χ4n) is 3.81. The smallest absolute Gasteiger partial charge is 0.287 e. The summed E-state index contributed by atoms with van der Waals surface area (Å²) in [5.74, 6) is -5.30. The number of rotatable bonds is 6. The van der Waals surface area contributed by atoms with Crippen LogP contribution in [0.1, 0.15) is 58.6 Å². The Kier molecular flexibility index (Phi) is 8.86. The Morgan fingerprint density at radius 2 is 1.56 bits per heavy atom. The third-order valence-corrected chi connectivity index (χ3v) is 6.82. The number of carbonyl (C=O) groups is 1. The Labute approximate surface area is 216 Å². The second kappa shape index (κ2) is 11.2. The monoisotopic (exact) mass is 576 g/mol. The Bertz CT molecular complexity index is 1140. The van der Waals surface area contributed by atoms with Gasteiger partial charge in [0, 0.05) is 11.6 Å². The van der Waals surface area contributed by atoms with Crippen LogP contribution in [0.25, 0.3) is 5.83 Å². The molecule has 196 valence electrons. The van der Waals surface area contributed by atoms with Gasteiger partial charge in [0.1, 0.15) is 11.7 Å². The van der Waals surface area contributed by atoms with Gasteiger partial charge in [-0.3, -0.25) is 10.2 Å². The van der Waals surface area contributed by atoms with E-state index >= 15 is 0 Å². The Morgan fingerprint density at radius 3 is 2.08 bits per heavy atom. The van der Waals surface area contributed by atoms with Crippen LogP contribution in [0.3, 0.4) is 0 Å². The number of hydrazine groups is 1. The zero-order valence-corrected chi connectivity index (χ0v) is 20.4. The van der Waals surface area contributed by atoms with Gasteiger partial charge in [-0.05, 0) is 48.7 Å². The highest BCUT2D eigenvalue weighted by Crippen LogP contribution is 2.42. The number of hydrogen-bond donors (Lipinski definition) is 2. The number of halogens is 10. The summed E-state index contributed by atoms with van der Waals surface area (Å²) in [6.45, 7) is 0. The van der Waals surface area contributed by atoms with Crippen LogP contribution >= 0.6 is 34.8 Å². The first kappa shape index (κ1) is 28.6. The third kappa shape index (κ3) is 6.85. The maximum atomic E-state index is 14.9. The van der Waals surface area contributed by atoms with Gasteiger partial charge in [0.15, 0.2) is 0 Å². The van der Waals surface area contributed by atoms with Gasteiger partial charge >= 0.3 is 12.4 Å². The summed E-state index contributed by atoms with van der Waals surface area (Å²) in [5, 5.41) is -0.843. The molecule has 2 aromatic carbocycles. The normalized spacial score (nSPS) is 16.3. The highest BCUT2D eigenvalue weighted by molar-refractivity contribution is 6.48. The summed E-state index contributed by atoms with van der Waals surface area (Å²) in [6, 6.07) is 3.37. The van der Waals surface area contributed by atoms with Crippen molar-refractivity contribution >= 4 is 46.5 Å². The third-order valence-electron chi connectivity index (χ3n) is 5.62. The molecule has 0 heterocycles. The molecular formula is C23H18Cl3F7N2O. The molecule has 1 unspecified atom stereocenters. The molecule has 0 aliphatic heterocycles. The van der Waals surface area contributed by atoms with E-state index in [1.165, 1.54) is 0 Å². The predicted octanol–water partition coefficient (Wildman–Crippen LogP) is 8.50. The van der Waals surface area contributed by atoms with Gasteiger partial charge in [-0.15, -0.1) is 0 Å². The molecule has 0 bridgehead atoms. The van der Waals surface area contributed by atoms with Crippen molar-refractivity contribution < 1.29 is 35.5 Å². The van der Waals surface area contributed by atoms with Crippen molar-refractivity contribution in [2.75, 3.05) is 0 Å². The van der Waals surface area contributed by atoms with E-state index in [0.29, 0.717) is 6.07 Å². The van der Waals surface area contributed by atoms with Gasteiger partial charge in [-0.2, -0.15) is 26.3 Å². The van der Waals surface area contributed by atoms with Gasteiger partial charge in [0.05, 0.1) is 26.2 Å².